The summed E-state index contributed by atoms with van der Waals surface area (Å²) in [6.07, 6.45) is 4.41. The van der Waals surface area contributed by atoms with Gasteiger partial charge < -0.3 is 4.90 Å². The Bertz CT molecular complexity index is 458. The number of nitrogens with zero attached hydrogens (tertiary/aromatic N) is 4. The minimum atomic E-state index is -0.457. The summed E-state index contributed by atoms with van der Waals surface area (Å²) in [6.45, 7) is 3.73. The molecule has 0 spiro atoms. The van der Waals surface area contributed by atoms with E-state index in [1.165, 1.54) is 6.20 Å². The minimum absolute atomic E-state index is 0.0750. The Hall–Kier alpha value is -1.96. The van der Waals surface area contributed by atoms with Crippen LogP contribution in [0.2, 0.25) is 0 Å². The SMILES string of the molecule is CCC1CCN(c2nc(NN)ncc2[N+](=O)[O-])CC1. The summed E-state index contributed by atoms with van der Waals surface area (Å²) in [7, 11) is 0. The van der Waals surface area contributed by atoms with Gasteiger partial charge in [-0.05, 0) is 18.8 Å². The number of nitro groups is 1. The number of hydrazine groups is 1. The first-order chi connectivity index (χ1) is 9.15. The highest BCUT2D eigenvalue weighted by Crippen LogP contribution is 2.30. The van der Waals surface area contributed by atoms with Crippen LogP contribution in [0.25, 0.3) is 0 Å². The van der Waals surface area contributed by atoms with E-state index in [1.54, 1.807) is 0 Å². The van der Waals surface area contributed by atoms with Crippen molar-refractivity contribution >= 4 is 17.5 Å². The Balaban J connectivity index is 2.24. The summed E-state index contributed by atoms with van der Waals surface area (Å²) < 4.78 is 0. The molecule has 2 rings (SSSR count). The molecule has 2 heterocycles. The molecule has 0 radical (unpaired) electrons. The van der Waals surface area contributed by atoms with Crippen LogP contribution in [0.15, 0.2) is 6.20 Å². The summed E-state index contributed by atoms with van der Waals surface area (Å²) in [5.41, 5.74) is 2.25. The summed E-state index contributed by atoms with van der Waals surface area (Å²) in [5, 5.41) is 11.0. The van der Waals surface area contributed by atoms with Gasteiger partial charge in [0, 0.05) is 13.1 Å². The molecule has 3 N–H and O–H groups in total. The lowest BCUT2D eigenvalue weighted by Gasteiger charge is -2.31. The summed E-state index contributed by atoms with van der Waals surface area (Å²) >= 11 is 0. The van der Waals surface area contributed by atoms with E-state index in [1.807, 2.05) is 4.90 Å². The number of hydrogen-bond donors (Lipinski definition) is 2. The highest BCUT2D eigenvalue weighted by Gasteiger charge is 2.26. The molecule has 0 unspecified atom stereocenters. The smallest absolute Gasteiger partial charge is 0.329 e. The average molecular weight is 266 g/mol. The molecule has 1 aliphatic heterocycles. The van der Waals surface area contributed by atoms with Crippen molar-refractivity contribution in [2.75, 3.05) is 23.4 Å². The molecule has 0 aliphatic carbocycles. The highest BCUT2D eigenvalue weighted by molar-refractivity contribution is 5.59. The van der Waals surface area contributed by atoms with Crippen LogP contribution in [0.3, 0.4) is 0 Å². The number of aromatic nitrogens is 2. The summed E-state index contributed by atoms with van der Waals surface area (Å²) in [4.78, 5) is 20.4. The van der Waals surface area contributed by atoms with Crippen molar-refractivity contribution in [2.24, 2.45) is 11.8 Å². The quantitative estimate of drug-likeness (QED) is 0.480. The van der Waals surface area contributed by atoms with Crippen LogP contribution in [0.1, 0.15) is 26.2 Å². The van der Waals surface area contributed by atoms with E-state index in [4.69, 9.17) is 5.84 Å². The van der Waals surface area contributed by atoms with Gasteiger partial charge in [-0.3, -0.25) is 15.5 Å². The first kappa shape index (κ1) is 13.5. The third-order valence-corrected chi connectivity index (χ3v) is 3.57. The van der Waals surface area contributed by atoms with Crippen molar-refractivity contribution in [3.8, 4) is 0 Å². The fourth-order valence-corrected chi connectivity index (χ4v) is 2.35. The second-order valence-electron chi connectivity index (χ2n) is 4.64. The van der Waals surface area contributed by atoms with Crippen molar-refractivity contribution in [2.45, 2.75) is 26.2 Å². The van der Waals surface area contributed by atoms with Gasteiger partial charge >= 0.3 is 5.69 Å². The summed E-state index contributed by atoms with van der Waals surface area (Å²) in [5.74, 6) is 6.50. The lowest BCUT2D eigenvalue weighted by atomic mass is 9.94. The maximum Gasteiger partial charge on any atom is 0.329 e. The molecule has 0 bridgehead atoms. The lowest BCUT2D eigenvalue weighted by Crippen LogP contribution is -2.34. The highest BCUT2D eigenvalue weighted by atomic mass is 16.6. The molecule has 0 atom stereocenters. The molecule has 19 heavy (non-hydrogen) atoms. The number of nitrogen functional groups attached to an aromatic ring is 1. The van der Waals surface area contributed by atoms with Crippen LogP contribution in [0, 0.1) is 16.0 Å². The number of piperidine rings is 1. The molecule has 1 aliphatic rings. The first-order valence-electron chi connectivity index (χ1n) is 6.38. The molecule has 104 valence electrons. The fraction of sp³-hybridized carbons (Fsp3) is 0.636. The van der Waals surface area contributed by atoms with Gasteiger partial charge in [-0.15, -0.1) is 0 Å². The molecule has 1 fully saturated rings. The molecular formula is C11H18N6O2. The Morgan fingerprint density at radius 2 is 2.26 bits per heavy atom. The van der Waals surface area contributed by atoms with Gasteiger partial charge in [0.05, 0.1) is 4.92 Å². The molecule has 8 nitrogen and oxygen atoms in total. The Morgan fingerprint density at radius 1 is 1.58 bits per heavy atom. The van der Waals surface area contributed by atoms with E-state index >= 15 is 0 Å². The number of rotatable bonds is 4. The average Bonchev–Trinajstić information content (AvgIpc) is 2.46. The molecule has 1 saturated heterocycles. The van der Waals surface area contributed by atoms with Gasteiger partial charge in [0.25, 0.3) is 0 Å². The number of hydrogen-bond acceptors (Lipinski definition) is 7. The van der Waals surface area contributed by atoms with E-state index in [9.17, 15) is 10.1 Å². The van der Waals surface area contributed by atoms with Gasteiger partial charge in [0.15, 0.2) is 0 Å². The van der Waals surface area contributed by atoms with Crippen LogP contribution >= 0.6 is 0 Å². The first-order valence-corrected chi connectivity index (χ1v) is 6.38. The normalized spacial score (nSPS) is 16.4. The molecule has 0 saturated carbocycles. The molecular weight excluding hydrogens is 248 g/mol. The maximum atomic E-state index is 11.0. The molecule has 0 amide bonds. The predicted octanol–water partition coefficient (Wildman–Crippen LogP) is 1.30. The summed E-state index contributed by atoms with van der Waals surface area (Å²) in [6, 6.07) is 0. The van der Waals surface area contributed by atoms with Crippen LogP contribution < -0.4 is 16.2 Å². The van der Waals surface area contributed by atoms with Crippen LogP contribution in [0.4, 0.5) is 17.5 Å². The van der Waals surface area contributed by atoms with Gasteiger partial charge in [-0.2, -0.15) is 4.98 Å². The maximum absolute atomic E-state index is 11.0. The van der Waals surface area contributed by atoms with Crippen molar-refractivity contribution < 1.29 is 4.92 Å². The zero-order chi connectivity index (χ0) is 13.8. The number of nitrogens with one attached hydrogen (secondary N) is 1. The van der Waals surface area contributed by atoms with Crippen molar-refractivity contribution in [3.63, 3.8) is 0 Å². The minimum Gasteiger partial charge on any atom is -0.351 e. The largest absolute Gasteiger partial charge is 0.351 e. The zero-order valence-corrected chi connectivity index (χ0v) is 10.9. The molecule has 8 heteroatoms. The second kappa shape index (κ2) is 5.79. The van der Waals surface area contributed by atoms with E-state index in [2.05, 4.69) is 22.3 Å². The van der Waals surface area contributed by atoms with Gasteiger partial charge in [-0.1, -0.05) is 13.3 Å². The predicted molar refractivity (Wildman–Crippen MR) is 71.7 cm³/mol. The fourth-order valence-electron chi connectivity index (χ4n) is 2.35. The van der Waals surface area contributed by atoms with Crippen molar-refractivity contribution in [1.82, 2.24) is 9.97 Å². The molecule has 1 aromatic heterocycles. The van der Waals surface area contributed by atoms with Crippen molar-refractivity contribution in [3.05, 3.63) is 16.3 Å². The Kier molecular flexibility index (Phi) is 4.10. The lowest BCUT2D eigenvalue weighted by molar-refractivity contribution is -0.384. The third-order valence-electron chi connectivity index (χ3n) is 3.57. The molecule has 0 aromatic carbocycles. The van der Waals surface area contributed by atoms with Crippen LogP contribution in [-0.2, 0) is 0 Å². The van der Waals surface area contributed by atoms with Crippen LogP contribution in [0.5, 0.6) is 0 Å². The second-order valence-corrected chi connectivity index (χ2v) is 4.64. The Morgan fingerprint density at radius 3 is 2.79 bits per heavy atom. The van der Waals surface area contributed by atoms with E-state index in [-0.39, 0.29) is 11.6 Å². The van der Waals surface area contributed by atoms with Gasteiger partial charge in [0.1, 0.15) is 6.20 Å². The van der Waals surface area contributed by atoms with E-state index in [0.717, 1.165) is 32.4 Å². The van der Waals surface area contributed by atoms with E-state index in [0.29, 0.717) is 11.7 Å². The van der Waals surface area contributed by atoms with Gasteiger partial charge in [0.2, 0.25) is 11.8 Å². The standard InChI is InChI=1S/C11H18N6O2/c1-2-8-3-5-16(6-4-8)10-9(17(18)19)7-13-11(14-10)15-12/h7-8H,2-6,12H2,1H3,(H,13,14,15). The van der Waals surface area contributed by atoms with Crippen molar-refractivity contribution in [1.29, 1.82) is 0 Å². The topological polar surface area (TPSA) is 110 Å². The third kappa shape index (κ3) is 2.90. The number of anilines is 2. The van der Waals surface area contributed by atoms with Crippen LogP contribution in [-0.4, -0.2) is 28.0 Å². The molecule has 1 aromatic rings. The monoisotopic (exact) mass is 266 g/mol. The number of nitrogens with two attached hydrogens (primary N) is 1. The van der Waals surface area contributed by atoms with Gasteiger partial charge in [-0.25, -0.2) is 10.8 Å². The zero-order valence-electron chi connectivity index (χ0n) is 10.9. The van der Waals surface area contributed by atoms with E-state index < -0.39 is 4.92 Å². The Labute approximate surface area is 111 Å².